The number of piperazine rings is 1. The quantitative estimate of drug-likeness (QED) is 0.604. The Hall–Kier alpha value is -2.69. The number of ether oxygens (including phenoxy) is 2. The topological polar surface area (TPSA) is 88.2 Å². The summed E-state index contributed by atoms with van der Waals surface area (Å²) < 4.78 is 50.3. The van der Waals surface area contributed by atoms with Crippen LogP contribution in [-0.4, -0.2) is 77.0 Å². The zero-order chi connectivity index (χ0) is 23.1. The molecule has 2 aromatic carbocycles. The number of hydrogen-bond donors (Lipinski definition) is 1. The summed E-state index contributed by atoms with van der Waals surface area (Å²) in [6.07, 6.45) is 0.226. The van der Waals surface area contributed by atoms with Crippen LogP contribution < -0.4 is 14.8 Å². The van der Waals surface area contributed by atoms with E-state index in [1.165, 1.54) is 16.4 Å². The molecule has 10 heteroatoms. The first kappa shape index (κ1) is 24.0. The van der Waals surface area contributed by atoms with Crippen molar-refractivity contribution in [2.24, 2.45) is 0 Å². The van der Waals surface area contributed by atoms with Crippen LogP contribution in [0.15, 0.2) is 47.4 Å². The number of rotatable bonds is 9. The van der Waals surface area contributed by atoms with E-state index in [4.69, 9.17) is 9.47 Å². The zero-order valence-corrected chi connectivity index (χ0v) is 19.0. The number of benzene rings is 2. The van der Waals surface area contributed by atoms with E-state index < -0.39 is 15.8 Å². The fraction of sp³-hybridized carbons (Fsp3) is 0.409. The van der Waals surface area contributed by atoms with Crippen LogP contribution >= 0.6 is 0 Å². The van der Waals surface area contributed by atoms with Gasteiger partial charge in [-0.1, -0.05) is 6.07 Å². The predicted molar refractivity (Wildman–Crippen MR) is 118 cm³/mol. The predicted octanol–water partition coefficient (Wildman–Crippen LogP) is 1.51. The SMILES string of the molecule is COc1ccc(CC(=O)NCCN2CCN(S(=O)(=O)c3ccc(F)cc3)CC2)cc1OC. The van der Waals surface area contributed by atoms with E-state index in [0.717, 1.165) is 17.7 Å². The molecule has 0 aliphatic carbocycles. The summed E-state index contributed by atoms with van der Waals surface area (Å²) >= 11 is 0. The number of methoxy groups -OCH3 is 2. The van der Waals surface area contributed by atoms with Crippen molar-refractivity contribution < 1.29 is 27.1 Å². The molecule has 2 aromatic rings. The number of nitrogens with zero attached hydrogens (tertiary/aromatic N) is 2. The van der Waals surface area contributed by atoms with Crippen LogP contribution in [0.3, 0.4) is 0 Å². The molecule has 1 fully saturated rings. The van der Waals surface area contributed by atoms with E-state index in [-0.39, 0.29) is 17.2 Å². The third-order valence-corrected chi connectivity index (χ3v) is 7.26. The molecule has 0 spiro atoms. The molecule has 0 aromatic heterocycles. The molecule has 174 valence electrons. The highest BCUT2D eigenvalue weighted by Gasteiger charge is 2.28. The Labute approximate surface area is 188 Å². The third kappa shape index (κ3) is 5.96. The molecular weight excluding hydrogens is 437 g/mol. The van der Waals surface area contributed by atoms with Gasteiger partial charge in [-0.3, -0.25) is 9.69 Å². The van der Waals surface area contributed by atoms with Crippen molar-refractivity contribution in [1.29, 1.82) is 0 Å². The molecule has 0 saturated carbocycles. The number of nitrogens with one attached hydrogen (secondary N) is 1. The van der Waals surface area contributed by atoms with Gasteiger partial charge in [-0.05, 0) is 42.0 Å². The van der Waals surface area contributed by atoms with Crippen molar-refractivity contribution in [2.75, 3.05) is 53.5 Å². The molecule has 1 N–H and O–H groups in total. The number of hydrogen-bond acceptors (Lipinski definition) is 6. The Morgan fingerprint density at radius 2 is 1.66 bits per heavy atom. The van der Waals surface area contributed by atoms with Gasteiger partial charge >= 0.3 is 0 Å². The molecule has 1 amide bonds. The Kier molecular flexibility index (Phi) is 8.05. The normalized spacial score (nSPS) is 15.3. The Balaban J connectivity index is 1.42. The molecule has 1 aliphatic heterocycles. The van der Waals surface area contributed by atoms with Gasteiger partial charge in [-0.25, -0.2) is 12.8 Å². The van der Waals surface area contributed by atoms with Gasteiger partial charge < -0.3 is 14.8 Å². The maximum atomic E-state index is 13.1. The van der Waals surface area contributed by atoms with Gasteiger partial charge in [0.25, 0.3) is 0 Å². The van der Waals surface area contributed by atoms with Gasteiger partial charge in [-0.2, -0.15) is 4.31 Å². The number of sulfonamides is 1. The highest BCUT2D eigenvalue weighted by Crippen LogP contribution is 2.27. The largest absolute Gasteiger partial charge is 0.493 e. The lowest BCUT2D eigenvalue weighted by molar-refractivity contribution is -0.120. The number of carbonyl (C=O) groups excluding carboxylic acids is 1. The third-order valence-electron chi connectivity index (χ3n) is 5.35. The van der Waals surface area contributed by atoms with Crippen molar-refractivity contribution in [2.45, 2.75) is 11.3 Å². The average molecular weight is 466 g/mol. The van der Waals surface area contributed by atoms with Crippen LogP contribution in [0, 0.1) is 5.82 Å². The molecule has 1 saturated heterocycles. The van der Waals surface area contributed by atoms with Crippen LogP contribution in [0.5, 0.6) is 11.5 Å². The van der Waals surface area contributed by atoms with Gasteiger partial charge in [0, 0.05) is 39.3 Å². The van der Waals surface area contributed by atoms with Gasteiger partial charge in [0.1, 0.15) is 5.82 Å². The van der Waals surface area contributed by atoms with E-state index in [0.29, 0.717) is 50.8 Å². The molecule has 0 unspecified atom stereocenters. The lowest BCUT2D eigenvalue weighted by atomic mass is 10.1. The summed E-state index contributed by atoms with van der Waals surface area (Å²) in [5.74, 6) is 0.611. The maximum Gasteiger partial charge on any atom is 0.243 e. The molecular formula is C22H28FN3O5S. The molecule has 0 atom stereocenters. The number of carbonyl (C=O) groups is 1. The fourth-order valence-electron chi connectivity index (χ4n) is 3.54. The van der Waals surface area contributed by atoms with Crippen LogP contribution in [-0.2, 0) is 21.2 Å². The van der Waals surface area contributed by atoms with Crippen molar-refractivity contribution in [3.63, 3.8) is 0 Å². The van der Waals surface area contributed by atoms with Crippen LogP contribution in [0.4, 0.5) is 4.39 Å². The average Bonchev–Trinajstić information content (AvgIpc) is 2.79. The Morgan fingerprint density at radius 3 is 2.28 bits per heavy atom. The second-order valence-electron chi connectivity index (χ2n) is 7.42. The molecule has 3 rings (SSSR count). The van der Waals surface area contributed by atoms with Crippen molar-refractivity contribution >= 4 is 15.9 Å². The lowest BCUT2D eigenvalue weighted by Gasteiger charge is -2.33. The minimum Gasteiger partial charge on any atom is -0.493 e. The lowest BCUT2D eigenvalue weighted by Crippen LogP contribution is -2.50. The van der Waals surface area contributed by atoms with E-state index in [2.05, 4.69) is 10.2 Å². The maximum absolute atomic E-state index is 13.1. The van der Waals surface area contributed by atoms with Gasteiger partial charge in [0.05, 0.1) is 25.5 Å². The van der Waals surface area contributed by atoms with Gasteiger partial charge in [0.15, 0.2) is 11.5 Å². The summed E-state index contributed by atoms with van der Waals surface area (Å²) in [7, 11) is -0.525. The highest BCUT2D eigenvalue weighted by atomic mass is 32.2. The zero-order valence-electron chi connectivity index (χ0n) is 18.2. The van der Waals surface area contributed by atoms with Gasteiger partial charge in [-0.15, -0.1) is 0 Å². The number of amides is 1. The van der Waals surface area contributed by atoms with E-state index >= 15 is 0 Å². The first-order valence-corrected chi connectivity index (χ1v) is 11.7. The fourth-order valence-corrected chi connectivity index (χ4v) is 4.96. The second-order valence-corrected chi connectivity index (χ2v) is 9.35. The number of halogens is 1. The summed E-state index contributed by atoms with van der Waals surface area (Å²) in [4.78, 5) is 14.5. The summed E-state index contributed by atoms with van der Waals surface area (Å²) in [5.41, 5.74) is 0.819. The molecule has 0 radical (unpaired) electrons. The molecule has 1 heterocycles. The minimum absolute atomic E-state index is 0.0924. The highest BCUT2D eigenvalue weighted by molar-refractivity contribution is 7.89. The van der Waals surface area contributed by atoms with E-state index in [1.807, 2.05) is 6.07 Å². The Bertz CT molecular complexity index is 1020. The van der Waals surface area contributed by atoms with Crippen LogP contribution in [0.25, 0.3) is 0 Å². The van der Waals surface area contributed by atoms with E-state index in [1.54, 1.807) is 26.4 Å². The second kappa shape index (κ2) is 10.8. The Morgan fingerprint density at radius 1 is 1.00 bits per heavy atom. The van der Waals surface area contributed by atoms with Gasteiger partial charge in [0.2, 0.25) is 15.9 Å². The monoisotopic (exact) mass is 465 g/mol. The minimum atomic E-state index is -3.63. The smallest absolute Gasteiger partial charge is 0.243 e. The molecule has 1 aliphatic rings. The summed E-state index contributed by atoms with van der Waals surface area (Å²) in [5, 5.41) is 2.90. The summed E-state index contributed by atoms with van der Waals surface area (Å²) in [6.45, 7) is 2.91. The van der Waals surface area contributed by atoms with Crippen molar-refractivity contribution in [1.82, 2.24) is 14.5 Å². The first-order chi connectivity index (χ1) is 15.3. The summed E-state index contributed by atoms with van der Waals surface area (Å²) in [6, 6.07) is 10.2. The van der Waals surface area contributed by atoms with Crippen molar-refractivity contribution in [3.8, 4) is 11.5 Å². The van der Waals surface area contributed by atoms with Crippen molar-refractivity contribution in [3.05, 3.63) is 53.8 Å². The first-order valence-electron chi connectivity index (χ1n) is 10.3. The molecule has 0 bridgehead atoms. The van der Waals surface area contributed by atoms with Crippen LogP contribution in [0.2, 0.25) is 0 Å². The van der Waals surface area contributed by atoms with E-state index in [9.17, 15) is 17.6 Å². The van der Waals surface area contributed by atoms with Crippen LogP contribution in [0.1, 0.15) is 5.56 Å². The standard InChI is InChI=1S/C22H28FN3O5S/c1-30-20-8-3-17(15-21(20)31-2)16-22(27)24-9-10-25-11-13-26(14-12-25)32(28,29)19-6-4-18(23)5-7-19/h3-8,15H,9-14,16H2,1-2H3,(H,24,27). The molecule has 8 nitrogen and oxygen atoms in total. The molecule has 32 heavy (non-hydrogen) atoms.